The average molecular weight is 547 g/mol. The molecule has 0 aliphatic rings. The van der Waals surface area contributed by atoms with Crippen LogP contribution in [0.4, 0.5) is 0 Å². The zero-order chi connectivity index (χ0) is 23.9. The fourth-order valence-corrected chi connectivity index (χ4v) is 3.82. The van der Waals surface area contributed by atoms with E-state index in [2.05, 4.69) is 115 Å². The molecule has 0 heterocycles. The standard InChI is InChI=1S/C21H25.C8H11.2ClH.Zr/c1-20(2,3)16-7-9-18-14(12-16)11-15-13-17(21(4,5)6)8-10-19(15)18;1-2-5-8-6-3-4-7-8;;;/h7-13H,1-6H3;3-4,6-7H,2,5H2,1H3;2*1H;/q2*-1;;;+4/p-2. The number of hydrogen-bond acceptors (Lipinski definition) is 0. The van der Waals surface area contributed by atoms with Gasteiger partial charge in [-0.3, -0.25) is 0 Å². The fourth-order valence-electron chi connectivity index (χ4n) is 3.82. The van der Waals surface area contributed by atoms with Gasteiger partial charge in [-0.15, -0.1) is 39.7 Å². The van der Waals surface area contributed by atoms with Crippen LogP contribution in [-0.4, -0.2) is 0 Å². The van der Waals surface area contributed by atoms with Crippen molar-refractivity contribution in [3.63, 3.8) is 0 Å². The predicted octanol–water partition coefficient (Wildman–Crippen LogP) is 10.0. The molecule has 32 heavy (non-hydrogen) atoms. The van der Waals surface area contributed by atoms with E-state index in [1.807, 2.05) is 0 Å². The van der Waals surface area contributed by atoms with E-state index in [0.29, 0.717) is 0 Å². The van der Waals surface area contributed by atoms with Crippen LogP contribution in [-0.2, 0) is 38.1 Å². The first-order valence-electron chi connectivity index (χ1n) is 11.3. The van der Waals surface area contributed by atoms with Crippen molar-refractivity contribution in [2.75, 3.05) is 0 Å². The van der Waals surface area contributed by atoms with Crippen molar-refractivity contribution in [3.8, 4) is 0 Å². The molecule has 0 radical (unpaired) electrons. The number of hydrogen-bond donors (Lipinski definition) is 0. The van der Waals surface area contributed by atoms with Crippen molar-refractivity contribution < 1.29 is 20.8 Å². The van der Waals surface area contributed by atoms with E-state index >= 15 is 0 Å². The minimum absolute atomic E-state index is 0.203. The molecule has 3 heteroatoms. The first kappa shape index (κ1) is 27.4. The van der Waals surface area contributed by atoms with E-state index in [0.717, 1.165) is 0 Å². The molecule has 4 aromatic rings. The Morgan fingerprint density at radius 2 is 1.25 bits per heavy atom. The SMILES string of the molecule is CC(C)(C)c1ccc2c(c1)[cH-]c1cc(C(C)(C)C)ccc12.CCCc1cc[cH-]c1.[Cl][Zr+2][Cl]. The minimum atomic E-state index is -0.826. The van der Waals surface area contributed by atoms with Crippen molar-refractivity contribution in [2.45, 2.75) is 72.1 Å². The maximum atomic E-state index is 4.93. The van der Waals surface area contributed by atoms with Crippen molar-refractivity contribution in [1.29, 1.82) is 0 Å². The topological polar surface area (TPSA) is 0 Å². The van der Waals surface area contributed by atoms with Gasteiger partial charge in [-0.05, 0) is 10.8 Å². The van der Waals surface area contributed by atoms with Crippen LogP contribution in [0.3, 0.4) is 0 Å². The van der Waals surface area contributed by atoms with E-state index in [4.69, 9.17) is 17.0 Å². The van der Waals surface area contributed by atoms with Gasteiger partial charge in [0.1, 0.15) is 0 Å². The van der Waals surface area contributed by atoms with E-state index in [9.17, 15) is 0 Å². The van der Waals surface area contributed by atoms with Crippen molar-refractivity contribution in [3.05, 3.63) is 83.4 Å². The Labute approximate surface area is 213 Å². The summed E-state index contributed by atoms with van der Waals surface area (Å²) in [6, 6.07) is 24.7. The molecule has 0 amide bonds. The summed E-state index contributed by atoms with van der Waals surface area (Å²) < 4.78 is 0. The molecule has 0 nitrogen and oxygen atoms in total. The van der Waals surface area contributed by atoms with Crippen LogP contribution in [0.1, 0.15) is 71.6 Å². The van der Waals surface area contributed by atoms with Gasteiger partial charge in [0.2, 0.25) is 0 Å². The molecule has 170 valence electrons. The summed E-state index contributed by atoms with van der Waals surface area (Å²) >= 11 is -0.826. The zero-order valence-corrected chi connectivity index (χ0v) is 24.5. The Hall–Kier alpha value is -0.877. The molecule has 0 aliphatic heterocycles. The van der Waals surface area contributed by atoms with Crippen molar-refractivity contribution in [1.82, 2.24) is 0 Å². The van der Waals surface area contributed by atoms with E-state index in [-0.39, 0.29) is 10.8 Å². The third-order valence-electron chi connectivity index (χ3n) is 5.71. The predicted molar refractivity (Wildman–Crippen MR) is 142 cm³/mol. The molecule has 0 unspecified atom stereocenters. The van der Waals surface area contributed by atoms with Crippen LogP contribution in [0, 0.1) is 0 Å². The number of aryl methyl sites for hydroxylation is 1. The number of halogens is 2. The Morgan fingerprint density at radius 3 is 1.59 bits per heavy atom. The molecule has 0 N–H and O–H groups in total. The molecule has 4 rings (SSSR count). The maximum absolute atomic E-state index is 4.93. The molecule has 0 atom stereocenters. The number of benzene rings is 2. The summed E-state index contributed by atoms with van der Waals surface area (Å²) in [6.45, 7) is 15.8. The molecular weight excluding hydrogens is 510 g/mol. The third kappa shape index (κ3) is 7.58. The summed E-state index contributed by atoms with van der Waals surface area (Å²) in [7, 11) is 9.87. The zero-order valence-electron chi connectivity index (χ0n) is 20.5. The van der Waals surface area contributed by atoms with E-state index in [1.165, 1.54) is 51.1 Å². The molecule has 0 bridgehead atoms. The molecular formula is C29H36Cl2Zr. The second-order valence-corrected chi connectivity index (χ2v) is 14.1. The Kier molecular flexibility index (Phi) is 10.3. The molecule has 4 aromatic carbocycles. The van der Waals surface area contributed by atoms with Gasteiger partial charge in [-0.1, -0.05) is 96.7 Å². The van der Waals surface area contributed by atoms with Crippen LogP contribution in [0.15, 0.2) is 66.7 Å². The first-order chi connectivity index (χ1) is 15.0. The second kappa shape index (κ2) is 12.0. The molecule has 0 saturated heterocycles. The summed E-state index contributed by atoms with van der Waals surface area (Å²) in [6.07, 6.45) is 2.48. The number of rotatable bonds is 2. The summed E-state index contributed by atoms with van der Waals surface area (Å²) in [5.41, 5.74) is 4.68. The summed E-state index contributed by atoms with van der Waals surface area (Å²) in [4.78, 5) is 0. The second-order valence-electron chi connectivity index (χ2n) is 10.4. The van der Waals surface area contributed by atoms with Crippen LogP contribution in [0.25, 0.3) is 21.5 Å². The molecule has 0 aliphatic carbocycles. The Morgan fingerprint density at radius 1 is 0.781 bits per heavy atom. The number of fused-ring (bicyclic) bond motifs is 3. The summed E-state index contributed by atoms with van der Waals surface area (Å²) in [5.74, 6) is 0. The molecule has 0 spiro atoms. The fraction of sp³-hybridized carbons (Fsp3) is 0.379. The first-order valence-corrected chi connectivity index (χ1v) is 17.6. The quantitative estimate of drug-likeness (QED) is 0.219. The average Bonchev–Trinajstić information content (AvgIpc) is 3.34. The Balaban J connectivity index is 0.000000274. The van der Waals surface area contributed by atoms with Gasteiger partial charge < -0.3 is 0 Å². The van der Waals surface area contributed by atoms with Crippen LogP contribution < -0.4 is 0 Å². The van der Waals surface area contributed by atoms with Gasteiger partial charge in [0.25, 0.3) is 0 Å². The van der Waals surface area contributed by atoms with Gasteiger partial charge in [0, 0.05) is 0 Å². The van der Waals surface area contributed by atoms with Gasteiger partial charge in [0.15, 0.2) is 0 Å². The van der Waals surface area contributed by atoms with E-state index in [1.54, 1.807) is 0 Å². The third-order valence-corrected chi connectivity index (χ3v) is 5.71. The van der Waals surface area contributed by atoms with Crippen molar-refractivity contribution >= 4 is 38.6 Å². The van der Waals surface area contributed by atoms with E-state index < -0.39 is 20.8 Å². The molecule has 0 saturated carbocycles. The normalized spacial score (nSPS) is 11.4. The monoisotopic (exact) mass is 544 g/mol. The summed E-state index contributed by atoms with van der Waals surface area (Å²) in [5, 5.41) is 5.48. The van der Waals surface area contributed by atoms with Crippen molar-refractivity contribution in [2.24, 2.45) is 0 Å². The van der Waals surface area contributed by atoms with Gasteiger partial charge in [-0.25, -0.2) is 6.07 Å². The van der Waals surface area contributed by atoms with Crippen LogP contribution >= 0.6 is 17.0 Å². The van der Waals surface area contributed by atoms with Gasteiger partial charge >= 0.3 is 37.9 Å². The molecule has 0 aromatic heterocycles. The van der Waals surface area contributed by atoms with Gasteiger partial charge in [0.05, 0.1) is 0 Å². The molecule has 0 fully saturated rings. The van der Waals surface area contributed by atoms with Crippen LogP contribution in [0.2, 0.25) is 0 Å². The van der Waals surface area contributed by atoms with Gasteiger partial charge in [-0.2, -0.15) is 23.8 Å². The Bertz CT molecular complexity index is 1020. The van der Waals surface area contributed by atoms with Crippen LogP contribution in [0.5, 0.6) is 0 Å².